The molecule has 0 radical (unpaired) electrons. The van der Waals surface area contributed by atoms with Crippen molar-refractivity contribution in [2.45, 2.75) is 32.1 Å². The number of phenols is 1. The van der Waals surface area contributed by atoms with Gasteiger partial charge in [-0.15, -0.1) is 0 Å². The summed E-state index contributed by atoms with van der Waals surface area (Å²) in [5.41, 5.74) is 2.22. The van der Waals surface area contributed by atoms with E-state index in [1.165, 1.54) is 0 Å². The Balaban J connectivity index is 0.00000280. The van der Waals surface area contributed by atoms with E-state index >= 15 is 0 Å². The highest BCUT2D eigenvalue weighted by Crippen LogP contribution is 2.40. The van der Waals surface area contributed by atoms with Crippen LogP contribution >= 0.6 is 0 Å². The number of piperidine rings is 1. The van der Waals surface area contributed by atoms with Gasteiger partial charge in [-0.1, -0.05) is 56.3 Å². The van der Waals surface area contributed by atoms with Crippen LogP contribution in [0.25, 0.3) is 0 Å². The number of benzene rings is 2. The molecule has 1 saturated heterocycles. The van der Waals surface area contributed by atoms with E-state index in [1.807, 2.05) is 42.5 Å². The van der Waals surface area contributed by atoms with Crippen LogP contribution in [0.5, 0.6) is 5.75 Å². The van der Waals surface area contributed by atoms with Gasteiger partial charge in [0.05, 0.1) is 5.92 Å². The minimum atomic E-state index is -0.729. The second-order valence-electron chi connectivity index (χ2n) is 8.10. The van der Waals surface area contributed by atoms with E-state index in [0.29, 0.717) is 24.6 Å². The molecule has 2 aromatic carbocycles. The van der Waals surface area contributed by atoms with E-state index in [1.54, 1.807) is 6.07 Å². The summed E-state index contributed by atoms with van der Waals surface area (Å²) in [7, 11) is 0. The average molecular weight is 386 g/mol. The molecule has 5 heteroatoms. The predicted octanol–water partition coefficient (Wildman–Crippen LogP) is 3.11. The number of carbonyl (C=O) groups is 1. The first-order chi connectivity index (χ1) is 12.9. The molecule has 5 nitrogen and oxygen atoms in total. The van der Waals surface area contributed by atoms with Crippen LogP contribution in [-0.2, 0) is 16.6 Å². The second-order valence-corrected chi connectivity index (χ2v) is 8.10. The first-order valence-electron chi connectivity index (χ1n) is 9.67. The fourth-order valence-electron chi connectivity index (χ4n) is 4.21. The van der Waals surface area contributed by atoms with E-state index in [4.69, 9.17) is 0 Å². The zero-order valence-electron chi connectivity index (χ0n) is 16.6. The first kappa shape index (κ1) is 21.9. The lowest BCUT2D eigenvalue weighted by atomic mass is 9.68. The van der Waals surface area contributed by atoms with Crippen molar-refractivity contribution in [3.63, 3.8) is 0 Å². The second kappa shape index (κ2) is 9.22. The Labute approximate surface area is 166 Å². The highest BCUT2D eigenvalue weighted by molar-refractivity contribution is 5.70. The van der Waals surface area contributed by atoms with Crippen LogP contribution in [0, 0.1) is 11.8 Å². The topological polar surface area (TPSA) is 92.3 Å². The minimum absolute atomic E-state index is 0. The predicted molar refractivity (Wildman–Crippen MR) is 111 cm³/mol. The Hall–Kier alpha value is -2.37. The SMILES string of the molecule is C[C@H]1CN(C[C@H](Cc2ccccc2)C(=O)O)CC[C@@]1(C)c1cccc(O)c1.O. The number of rotatable bonds is 6. The Morgan fingerprint density at radius 1 is 1.21 bits per heavy atom. The molecule has 1 aliphatic rings. The molecule has 2 aromatic rings. The van der Waals surface area contributed by atoms with Crippen LogP contribution in [-0.4, -0.2) is 46.2 Å². The van der Waals surface area contributed by atoms with Crippen molar-refractivity contribution >= 4 is 5.97 Å². The van der Waals surface area contributed by atoms with Gasteiger partial charge in [0.15, 0.2) is 0 Å². The van der Waals surface area contributed by atoms with Crippen molar-refractivity contribution in [3.8, 4) is 5.75 Å². The molecular formula is C23H31NO4. The molecule has 152 valence electrons. The average Bonchev–Trinajstić information content (AvgIpc) is 2.65. The maximum Gasteiger partial charge on any atom is 0.308 e. The van der Waals surface area contributed by atoms with Crippen molar-refractivity contribution in [1.29, 1.82) is 0 Å². The number of carboxylic acids is 1. The molecule has 0 aliphatic carbocycles. The summed E-state index contributed by atoms with van der Waals surface area (Å²) < 4.78 is 0. The molecule has 1 aliphatic heterocycles. The summed E-state index contributed by atoms with van der Waals surface area (Å²) in [6.45, 7) is 6.79. The zero-order chi connectivity index (χ0) is 19.4. The van der Waals surface area contributed by atoms with Crippen molar-refractivity contribution in [1.82, 2.24) is 4.90 Å². The molecule has 28 heavy (non-hydrogen) atoms. The molecule has 3 atom stereocenters. The van der Waals surface area contributed by atoms with E-state index in [2.05, 4.69) is 24.8 Å². The van der Waals surface area contributed by atoms with Crippen LogP contribution in [0.2, 0.25) is 0 Å². The van der Waals surface area contributed by atoms with Gasteiger partial charge in [-0.05, 0) is 54.0 Å². The third-order valence-corrected chi connectivity index (χ3v) is 6.23. The number of carboxylic acid groups (broad SMARTS) is 1. The van der Waals surface area contributed by atoms with Crippen molar-refractivity contribution < 1.29 is 20.5 Å². The van der Waals surface area contributed by atoms with Crippen LogP contribution in [0.15, 0.2) is 54.6 Å². The number of hydrogen-bond acceptors (Lipinski definition) is 3. The van der Waals surface area contributed by atoms with Gasteiger partial charge in [-0.3, -0.25) is 4.79 Å². The lowest BCUT2D eigenvalue weighted by molar-refractivity contribution is -0.142. The van der Waals surface area contributed by atoms with Crippen LogP contribution in [0.4, 0.5) is 0 Å². The standard InChI is InChI=1S/C23H29NO3.H2O/c1-17-15-24(12-11-23(17,2)20-9-6-10-21(25)14-20)16-19(22(26)27)13-18-7-4-3-5-8-18;/h3-10,14,17,19,25H,11-13,15-16H2,1-2H3,(H,26,27);1H2/t17-,19-,23+;/m0./s1. The Kier molecular flexibility index (Phi) is 7.22. The molecule has 0 saturated carbocycles. The van der Waals surface area contributed by atoms with Crippen LogP contribution in [0.3, 0.4) is 0 Å². The smallest absolute Gasteiger partial charge is 0.308 e. The quantitative estimate of drug-likeness (QED) is 0.799. The molecule has 3 rings (SSSR count). The number of aromatic hydroxyl groups is 1. The summed E-state index contributed by atoms with van der Waals surface area (Å²) in [6, 6.07) is 17.4. The number of aliphatic carboxylic acids is 1. The fourth-order valence-corrected chi connectivity index (χ4v) is 4.21. The van der Waals surface area contributed by atoms with Gasteiger partial charge >= 0.3 is 5.97 Å². The van der Waals surface area contributed by atoms with E-state index in [-0.39, 0.29) is 10.9 Å². The molecule has 0 unspecified atom stereocenters. The van der Waals surface area contributed by atoms with E-state index < -0.39 is 11.9 Å². The Morgan fingerprint density at radius 3 is 2.54 bits per heavy atom. The number of phenolic OH excluding ortho intramolecular Hbond substituents is 1. The fraction of sp³-hybridized carbons (Fsp3) is 0.435. The molecule has 0 amide bonds. The largest absolute Gasteiger partial charge is 0.508 e. The normalized spacial score (nSPS) is 23.6. The van der Waals surface area contributed by atoms with Crippen LogP contribution in [0.1, 0.15) is 31.4 Å². The summed E-state index contributed by atoms with van der Waals surface area (Å²) in [5, 5.41) is 19.5. The van der Waals surface area contributed by atoms with Crippen LogP contribution < -0.4 is 0 Å². The Bertz CT molecular complexity index is 779. The number of likely N-dealkylation sites (tertiary alicyclic amines) is 1. The van der Waals surface area contributed by atoms with Gasteiger partial charge < -0.3 is 20.6 Å². The third-order valence-electron chi connectivity index (χ3n) is 6.23. The van der Waals surface area contributed by atoms with Gasteiger partial charge in [0, 0.05) is 13.1 Å². The molecule has 1 heterocycles. The van der Waals surface area contributed by atoms with Gasteiger partial charge in [-0.25, -0.2) is 0 Å². The molecular weight excluding hydrogens is 354 g/mol. The first-order valence-corrected chi connectivity index (χ1v) is 9.67. The summed E-state index contributed by atoms with van der Waals surface area (Å²) in [4.78, 5) is 14.1. The number of nitrogens with zero attached hydrogens (tertiary/aromatic N) is 1. The lowest BCUT2D eigenvalue weighted by Gasteiger charge is -2.45. The van der Waals surface area contributed by atoms with Gasteiger partial charge in [0.25, 0.3) is 0 Å². The van der Waals surface area contributed by atoms with Crippen molar-refractivity contribution in [3.05, 3.63) is 65.7 Å². The molecule has 0 spiro atoms. The maximum atomic E-state index is 11.8. The van der Waals surface area contributed by atoms with Crippen molar-refractivity contribution in [2.75, 3.05) is 19.6 Å². The highest BCUT2D eigenvalue weighted by Gasteiger charge is 2.39. The zero-order valence-corrected chi connectivity index (χ0v) is 16.6. The number of hydrogen-bond donors (Lipinski definition) is 2. The molecule has 0 bridgehead atoms. The van der Waals surface area contributed by atoms with E-state index in [0.717, 1.165) is 30.6 Å². The van der Waals surface area contributed by atoms with Gasteiger partial charge in [0.2, 0.25) is 0 Å². The van der Waals surface area contributed by atoms with Gasteiger partial charge in [-0.2, -0.15) is 0 Å². The molecule has 0 aromatic heterocycles. The summed E-state index contributed by atoms with van der Waals surface area (Å²) in [6.07, 6.45) is 1.51. The monoisotopic (exact) mass is 385 g/mol. The Morgan fingerprint density at radius 2 is 1.93 bits per heavy atom. The molecule has 4 N–H and O–H groups in total. The minimum Gasteiger partial charge on any atom is -0.508 e. The van der Waals surface area contributed by atoms with Crippen molar-refractivity contribution in [2.24, 2.45) is 11.8 Å². The molecule has 1 fully saturated rings. The summed E-state index contributed by atoms with van der Waals surface area (Å²) in [5.74, 6) is -0.450. The highest BCUT2D eigenvalue weighted by atomic mass is 16.4. The third kappa shape index (κ3) is 4.91. The van der Waals surface area contributed by atoms with Gasteiger partial charge in [0.1, 0.15) is 5.75 Å². The summed E-state index contributed by atoms with van der Waals surface area (Å²) >= 11 is 0. The maximum absolute atomic E-state index is 11.8. The lowest BCUT2D eigenvalue weighted by Crippen LogP contribution is -2.49. The van der Waals surface area contributed by atoms with E-state index in [9.17, 15) is 15.0 Å².